The third kappa shape index (κ3) is 5.04. The topological polar surface area (TPSA) is 89.5 Å². The number of benzene rings is 1. The quantitative estimate of drug-likeness (QED) is 0.541. The van der Waals surface area contributed by atoms with Gasteiger partial charge in [0.2, 0.25) is 11.9 Å². The Morgan fingerprint density at radius 1 is 1.03 bits per heavy atom. The van der Waals surface area contributed by atoms with Gasteiger partial charge in [0.05, 0.1) is 23.8 Å². The number of hydrogen-bond acceptors (Lipinski definition) is 8. The Morgan fingerprint density at radius 3 is 2.49 bits per heavy atom. The van der Waals surface area contributed by atoms with E-state index in [1.54, 1.807) is 12.3 Å². The fourth-order valence-electron chi connectivity index (χ4n) is 4.81. The number of carbonyl (C=O) groups excluding carboxylic acids is 1. The first-order valence-corrected chi connectivity index (χ1v) is 12.4. The maximum absolute atomic E-state index is 15.4. The summed E-state index contributed by atoms with van der Waals surface area (Å²) in [4.78, 5) is 30.7. The summed E-state index contributed by atoms with van der Waals surface area (Å²) in [5.41, 5.74) is 1.98. The zero-order valence-electron chi connectivity index (χ0n) is 21.1. The summed E-state index contributed by atoms with van der Waals surface area (Å²) >= 11 is 0. The molecule has 5 rings (SSSR count). The lowest BCUT2D eigenvalue weighted by atomic mass is 10.0. The van der Waals surface area contributed by atoms with Gasteiger partial charge in [0.1, 0.15) is 23.0 Å². The molecule has 194 valence electrons. The van der Waals surface area contributed by atoms with E-state index in [1.807, 2.05) is 30.9 Å². The highest BCUT2D eigenvalue weighted by Crippen LogP contribution is 2.40. The van der Waals surface area contributed by atoms with Crippen molar-refractivity contribution in [2.75, 3.05) is 59.3 Å². The monoisotopic (exact) mass is 508 g/mol. The van der Waals surface area contributed by atoms with Crippen LogP contribution in [0.5, 0.6) is 0 Å². The molecule has 0 radical (unpaired) electrons. The third-order valence-corrected chi connectivity index (χ3v) is 6.68. The van der Waals surface area contributed by atoms with Crippen molar-refractivity contribution in [3.63, 3.8) is 0 Å². The number of rotatable bonds is 5. The molecular formula is C26H30F2N8O. The van der Waals surface area contributed by atoms with Crippen LogP contribution in [0.2, 0.25) is 0 Å². The number of amides is 1. The van der Waals surface area contributed by atoms with Gasteiger partial charge in [-0.05, 0) is 38.1 Å². The molecule has 4 heterocycles. The van der Waals surface area contributed by atoms with E-state index in [0.717, 1.165) is 38.1 Å². The van der Waals surface area contributed by atoms with Gasteiger partial charge in [-0.1, -0.05) is 0 Å². The summed E-state index contributed by atoms with van der Waals surface area (Å²) in [6, 6.07) is 6.74. The minimum atomic E-state index is -0.678. The number of halogens is 2. The van der Waals surface area contributed by atoms with Crippen molar-refractivity contribution in [2.45, 2.75) is 26.8 Å². The Morgan fingerprint density at radius 2 is 1.81 bits per heavy atom. The first-order valence-electron chi connectivity index (χ1n) is 12.4. The summed E-state index contributed by atoms with van der Waals surface area (Å²) < 4.78 is 30.3. The van der Waals surface area contributed by atoms with Gasteiger partial charge in [0.15, 0.2) is 5.82 Å². The highest BCUT2D eigenvalue weighted by atomic mass is 19.1. The highest BCUT2D eigenvalue weighted by Gasteiger charge is 2.30. The molecule has 0 atom stereocenters. The molecule has 1 saturated heterocycles. The summed E-state index contributed by atoms with van der Waals surface area (Å²) in [5.74, 6) is -0.876. The fourth-order valence-corrected chi connectivity index (χ4v) is 4.81. The van der Waals surface area contributed by atoms with E-state index < -0.39 is 11.6 Å². The van der Waals surface area contributed by atoms with Crippen molar-refractivity contribution < 1.29 is 13.6 Å². The van der Waals surface area contributed by atoms with E-state index >= 15 is 4.39 Å². The molecule has 1 amide bonds. The predicted molar refractivity (Wildman–Crippen MR) is 140 cm³/mol. The van der Waals surface area contributed by atoms with E-state index in [1.165, 1.54) is 17.9 Å². The van der Waals surface area contributed by atoms with Gasteiger partial charge >= 0.3 is 0 Å². The van der Waals surface area contributed by atoms with Crippen LogP contribution in [0.4, 0.5) is 37.6 Å². The molecule has 0 saturated carbocycles. The Labute approximate surface area is 214 Å². The number of hydrogen-bond donors (Lipinski definition) is 2. The maximum atomic E-state index is 15.4. The Balaban J connectivity index is 1.45. The molecule has 2 aliphatic heterocycles. The zero-order chi connectivity index (χ0) is 26.1. The van der Waals surface area contributed by atoms with Crippen LogP contribution < -0.4 is 25.3 Å². The molecule has 37 heavy (non-hydrogen) atoms. The van der Waals surface area contributed by atoms with Crippen LogP contribution in [0, 0.1) is 11.6 Å². The van der Waals surface area contributed by atoms with Crippen molar-refractivity contribution in [3.05, 3.63) is 48.3 Å². The Hall–Kier alpha value is -3.86. The number of pyridine rings is 1. The minimum absolute atomic E-state index is 0.0414. The van der Waals surface area contributed by atoms with Gasteiger partial charge in [0, 0.05) is 57.8 Å². The second-order valence-corrected chi connectivity index (χ2v) is 9.44. The number of piperazine rings is 1. The maximum Gasteiger partial charge on any atom is 0.229 e. The van der Waals surface area contributed by atoms with Crippen molar-refractivity contribution in [2.24, 2.45) is 0 Å². The summed E-state index contributed by atoms with van der Waals surface area (Å²) in [6.45, 7) is 10.00. The van der Waals surface area contributed by atoms with Crippen LogP contribution in [0.25, 0.3) is 11.3 Å². The molecule has 2 aliphatic rings. The van der Waals surface area contributed by atoms with Crippen molar-refractivity contribution in [1.29, 1.82) is 0 Å². The normalized spacial score (nSPS) is 15.7. The van der Waals surface area contributed by atoms with E-state index in [-0.39, 0.29) is 34.8 Å². The van der Waals surface area contributed by atoms with Gasteiger partial charge in [-0.3, -0.25) is 4.79 Å². The molecule has 1 fully saturated rings. The smallest absolute Gasteiger partial charge is 0.229 e. The van der Waals surface area contributed by atoms with E-state index in [4.69, 9.17) is 0 Å². The lowest BCUT2D eigenvalue weighted by Crippen LogP contribution is -2.46. The molecule has 0 unspecified atom stereocenters. The number of anilines is 5. The number of nitrogens with zero attached hydrogens (tertiary/aromatic N) is 6. The Kier molecular flexibility index (Phi) is 6.88. The standard InChI is InChI=1S/C26H30F2N8O/c1-16(2)35-10-11-36(17(3)37)25-20(27)12-18(13-22(25)35)24-21(28)15-31-26(33-24)32-23-5-4-19(14-30-23)34-8-6-29-7-9-34/h4-5,12-16,29H,6-11H2,1-3H3,(H,30,31,32,33). The average Bonchev–Trinajstić information content (AvgIpc) is 2.89. The summed E-state index contributed by atoms with van der Waals surface area (Å²) in [7, 11) is 0. The van der Waals surface area contributed by atoms with Crippen LogP contribution >= 0.6 is 0 Å². The SMILES string of the molecule is CC(=O)N1CCN(C(C)C)c2cc(-c3nc(Nc4ccc(N5CCNCC5)cn4)ncc3F)cc(F)c21. The zero-order valence-corrected chi connectivity index (χ0v) is 21.1. The van der Waals surface area contributed by atoms with Crippen LogP contribution in [0.1, 0.15) is 20.8 Å². The molecule has 1 aromatic carbocycles. The number of nitrogens with one attached hydrogen (secondary N) is 2. The lowest BCUT2D eigenvalue weighted by molar-refractivity contribution is -0.116. The fraction of sp³-hybridized carbons (Fsp3) is 0.385. The largest absolute Gasteiger partial charge is 0.368 e. The number of aromatic nitrogens is 3. The lowest BCUT2D eigenvalue weighted by Gasteiger charge is -2.40. The van der Waals surface area contributed by atoms with Crippen molar-refractivity contribution in [1.82, 2.24) is 20.3 Å². The van der Waals surface area contributed by atoms with E-state index in [9.17, 15) is 9.18 Å². The molecule has 11 heteroatoms. The Bertz CT molecular complexity index is 1290. The molecule has 2 aromatic heterocycles. The first kappa shape index (κ1) is 24.8. The molecule has 3 aromatic rings. The second-order valence-electron chi connectivity index (χ2n) is 9.44. The van der Waals surface area contributed by atoms with Crippen molar-refractivity contribution >= 4 is 34.7 Å². The van der Waals surface area contributed by atoms with E-state index in [0.29, 0.717) is 24.6 Å². The third-order valence-electron chi connectivity index (χ3n) is 6.68. The highest BCUT2D eigenvalue weighted by molar-refractivity contribution is 5.97. The summed E-state index contributed by atoms with van der Waals surface area (Å²) in [5, 5.41) is 6.33. The van der Waals surface area contributed by atoms with Gasteiger partial charge in [-0.25, -0.2) is 23.7 Å². The second kappa shape index (κ2) is 10.3. The molecule has 0 spiro atoms. The first-order chi connectivity index (χ1) is 17.8. The molecule has 9 nitrogen and oxygen atoms in total. The van der Waals surface area contributed by atoms with Crippen LogP contribution in [-0.2, 0) is 4.79 Å². The van der Waals surface area contributed by atoms with Crippen molar-refractivity contribution in [3.8, 4) is 11.3 Å². The van der Waals surface area contributed by atoms with Crippen LogP contribution in [0.15, 0.2) is 36.7 Å². The van der Waals surface area contributed by atoms with E-state index in [2.05, 4.69) is 30.5 Å². The molecule has 0 aliphatic carbocycles. The number of carbonyl (C=O) groups is 1. The predicted octanol–water partition coefficient (Wildman–Crippen LogP) is 3.55. The van der Waals surface area contributed by atoms with Gasteiger partial charge in [0.25, 0.3) is 0 Å². The van der Waals surface area contributed by atoms with Crippen LogP contribution in [-0.4, -0.2) is 66.2 Å². The van der Waals surface area contributed by atoms with Gasteiger partial charge in [-0.15, -0.1) is 0 Å². The van der Waals surface area contributed by atoms with Gasteiger partial charge in [-0.2, -0.15) is 0 Å². The van der Waals surface area contributed by atoms with Gasteiger partial charge < -0.3 is 25.3 Å². The molecule has 0 bridgehead atoms. The minimum Gasteiger partial charge on any atom is -0.368 e. The summed E-state index contributed by atoms with van der Waals surface area (Å²) in [6.07, 6.45) is 2.83. The van der Waals surface area contributed by atoms with Crippen LogP contribution in [0.3, 0.4) is 0 Å². The number of fused-ring (bicyclic) bond motifs is 1. The average molecular weight is 509 g/mol. The molecule has 2 N–H and O–H groups in total. The molecular weight excluding hydrogens is 478 g/mol.